The monoisotopic (exact) mass is 255 g/mol. The number of hydrogen-bond donors (Lipinski definition) is 1. The molecule has 0 spiro atoms. The van der Waals surface area contributed by atoms with Crippen LogP contribution in [0.5, 0.6) is 0 Å². The lowest BCUT2D eigenvalue weighted by molar-refractivity contribution is -0.108. The molecule has 12 heavy (non-hydrogen) atoms. The highest BCUT2D eigenvalue weighted by Gasteiger charge is 2.18. The highest BCUT2D eigenvalue weighted by Crippen LogP contribution is 2.21. The van der Waals surface area contributed by atoms with E-state index in [-0.39, 0.29) is 17.2 Å². The average molecular weight is 257 g/mol. The van der Waals surface area contributed by atoms with Crippen LogP contribution in [0, 0.1) is 5.92 Å². The topological polar surface area (TPSA) is 29.1 Å². The summed E-state index contributed by atoms with van der Waals surface area (Å²) in [5, 5.41) is 3.32. The number of alkyl halides is 1. The Morgan fingerprint density at radius 1 is 1.42 bits per heavy atom. The van der Waals surface area contributed by atoms with Gasteiger partial charge in [0, 0.05) is 0 Å². The number of carbonyl (C=O) groups excluding carboxylic acids is 1. The third-order valence-electron chi connectivity index (χ3n) is 2.20. The van der Waals surface area contributed by atoms with E-state index >= 15 is 0 Å². The van der Waals surface area contributed by atoms with Crippen LogP contribution in [-0.2, 0) is 4.79 Å². The summed E-state index contributed by atoms with van der Waals surface area (Å²) >= 11 is 3.38. The fourth-order valence-corrected chi connectivity index (χ4v) is 2.00. The summed E-state index contributed by atoms with van der Waals surface area (Å²) < 4.78 is 0. The second-order valence-electron chi connectivity index (χ2n) is 3.02. The molecule has 0 amide bonds. The Hall–Kier alpha value is 0.400. The lowest BCUT2D eigenvalue weighted by Gasteiger charge is -2.14. The number of carbonyl (C=O) groups is 1. The van der Waals surface area contributed by atoms with Gasteiger partial charge in [-0.3, -0.25) is 0 Å². The molecule has 1 aliphatic heterocycles. The standard InChI is InChI=1S/C8H14BrNO.ClH/c9-8(6-11)7-2-1-4-10-5-3-7;/h6-8,10H,1-5H2;1H. The van der Waals surface area contributed by atoms with Crippen molar-refractivity contribution in [2.75, 3.05) is 13.1 Å². The number of aldehydes is 1. The molecular formula is C8H15BrClNO. The summed E-state index contributed by atoms with van der Waals surface area (Å²) in [5.74, 6) is 0.544. The van der Waals surface area contributed by atoms with Gasteiger partial charge in [0.05, 0.1) is 4.83 Å². The third kappa shape index (κ3) is 3.87. The van der Waals surface area contributed by atoms with Gasteiger partial charge < -0.3 is 10.1 Å². The fourth-order valence-electron chi connectivity index (χ4n) is 1.48. The Labute approximate surface area is 88.0 Å². The molecule has 1 heterocycles. The molecule has 0 radical (unpaired) electrons. The summed E-state index contributed by atoms with van der Waals surface area (Å²) in [4.78, 5) is 10.5. The van der Waals surface area contributed by atoms with Gasteiger partial charge in [-0.15, -0.1) is 12.4 Å². The van der Waals surface area contributed by atoms with Crippen LogP contribution in [0.3, 0.4) is 0 Å². The minimum atomic E-state index is 0. The maximum atomic E-state index is 10.4. The van der Waals surface area contributed by atoms with Gasteiger partial charge in [0.1, 0.15) is 6.29 Å². The molecule has 1 aliphatic rings. The number of nitrogens with one attached hydrogen (secondary N) is 1. The molecule has 72 valence electrons. The van der Waals surface area contributed by atoms with Crippen molar-refractivity contribution in [1.82, 2.24) is 5.32 Å². The van der Waals surface area contributed by atoms with E-state index in [0.29, 0.717) is 5.92 Å². The van der Waals surface area contributed by atoms with E-state index in [9.17, 15) is 4.79 Å². The third-order valence-corrected chi connectivity index (χ3v) is 3.16. The van der Waals surface area contributed by atoms with Gasteiger partial charge in [-0.2, -0.15) is 0 Å². The highest BCUT2D eigenvalue weighted by atomic mass is 79.9. The first kappa shape index (κ1) is 12.4. The molecule has 1 saturated heterocycles. The van der Waals surface area contributed by atoms with Crippen molar-refractivity contribution in [2.24, 2.45) is 5.92 Å². The van der Waals surface area contributed by atoms with Crippen molar-refractivity contribution < 1.29 is 4.79 Å². The zero-order chi connectivity index (χ0) is 8.10. The minimum absolute atomic E-state index is 0. The minimum Gasteiger partial charge on any atom is -0.317 e. The van der Waals surface area contributed by atoms with E-state index in [2.05, 4.69) is 21.2 Å². The molecule has 0 aromatic rings. The van der Waals surface area contributed by atoms with E-state index in [1.807, 2.05) is 0 Å². The van der Waals surface area contributed by atoms with Crippen molar-refractivity contribution in [2.45, 2.75) is 24.1 Å². The lowest BCUT2D eigenvalue weighted by Crippen LogP contribution is -2.18. The van der Waals surface area contributed by atoms with E-state index in [4.69, 9.17) is 0 Å². The van der Waals surface area contributed by atoms with Gasteiger partial charge in [-0.1, -0.05) is 15.9 Å². The number of hydrogen-bond acceptors (Lipinski definition) is 2. The summed E-state index contributed by atoms with van der Waals surface area (Å²) in [6, 6.07) is 0. The van der Waals surface area contributed by atoms with E-state index in [1.165, 1.54) is 12.8 Å². The Kier molecular flexibility index (Phi) is 7.10. The number of rotatable bonds is 2. The smallest absolute Gasteiger partial charge is 0.133 e. The SMILES string of the molecule is Cl.O=CC(Br)C1CCCNCC1. The first-order valence-corrected chi connectivity index (χ1v) is 5.06. The molecule has 1 rings (SSSR count). The second kappa shape index (κ2) is 6.87. The van der Waals surface area contributed by atoms with Crippen LogP contribution < -0.4 is 5.32 Å². The van der Waals surface area contributed by atoms with Crippen molar-refractivity contribution in [3.05, 3.63) is 0 Å². The van der Waals surface area contributed by atoms with E-state index in [0.717, 1.165) is 25.8 Å². The van der Waals surface area contributed by atoms with Crippen LogP contribution in [0.15, 0.2) is 0 Å². The van der Waals surface area contributed by atoms with Crippen molar-refractivity contribution in [1.29, 1.82) is 0 Å². The first-order valence-electron chi connectivity index (χ1n) is 4.14. The second-order valence-corrected chi connectivity index (χ2v) is 4.08. The van der Waals surface area contributed by atoms with Crippen LogP contribution >= 0.6 is 28.3 Å². The molecule has 1 N–H and O–H groups in total. The molecule has 0 aromatic carbocycles. The van der Waals surface area contributed by atoms with Crippen LogP contribution in [0.1, 0.15) is 19.3 Å². The Morgan fingerprint density at radius 2 is 2.17 bits per heavy atom. The first-order chi connectivity index (χ1) is 5.34. The normalized spacial score (nSPS) is 26.6. The fraction of sp³-hybridized carbons (Fsp3) is 0.875. The molecule has 4 heteroatoms. The molecule has 1 fully saturated rings. The predicted molar refractivity (Wildman–Crippen MR) is 56.2 cm³/mol. The predicted octanol–water partition coefficient (Wildman–Crippen LogP) is 1.76. The Morgan fingerprint density at radius 3 is 2.83 bits per heavy atom. The summed E-state index contributed by atoms with van der Waals surface area (Å²) in [6.45, 7) is 2.16. The highest BCUT2D eigenvalue weighted by molar-refractivity contribution is 9.09. The Balaban J connectivity index is 0.00000121. The van der Waals surface area contributed by atoms with Gasteiger partial charge >= 0.3 is 0 Å². The molecule has 2 unspecified atom stereocenters. The zero-order valence-corrected chi connectivity index (χ0v) is 9.36. The van der Waals surface area contributed by atoms with Crippen LogP contribution in [0.2, 0.25) is 0 Å². The quantitative estimate of drug-likeness (QED) is 0.603. The molecule has 2 nitrogen and oxygen atoms in total. The molecule has 2 atom stereocenters. The lowest BCUT2D eigenvalue weighted by atomic mass is 9.98. The summed E-state index contributed by atoms with van der Waals surface area (Å²) in [6.07, 6.45) is 4.49. The van der Waals surface area contributed by atoms with Gasteiger partial charge in [0.15, 0.2) is 0 Å². The average Bonchev–Trinajstić information content (AvgIpc) is 2.30. The van der Waals surface area contributed by atoms with Crippen molar-refractivity contribution in [3.63, 3.8) is 0 Å². The maximum absolute atomic E-state index is 10.4. The maximum Gasteiger partial charge on any atom is 0.133 e. The Bertz CT molecular complexity index is 126. The molecule has 0 saturated carbocycles. The van der Waals surface area contributed by atoms with Gasteiger partial charge in [0.2, 0.25) is 0 Å². The molecule has 0 aliphatic carbocycles. The molecule has 0 bridgehead atoms. The van der Waals surface area contributed by atoms with Crippen LogP contribution in [0.25, 0.3) is 0 Å². The summed E-state index contributed by atoms with van der Waals surface area (Å²) in [5.41, 5.74) is 0. The largest absolute Gasteiger partial charge is 0.317 e. The van der Waals surface area contributed by atoms with Crippen LogP contribution in [-0.4, -0.2) is 24.2 Å². The van der Waals surface area contributed by atoms with Crippen LogP contribution in [0.4, 0.5) is 0 Å². The zero-order valence-electron chi connectivity index (χ0n) is 6.96. The van der Waals surface area contributed by atoms with E-state index < -0.39 is 0 Å². The summed E-state index contributed by atoms with van der Waals surface area (Å²) in [7, 11) is 0. The molecule has 0 aromatic heterocycles. The van der Waals surface area contributed by atoms with Crippen molar-refractivity contribution in [3.8, 4) is 0 Å². The van der Waals surface area contributed by atoms with Gasteiger partial charge in [0.25, 0.3) is 0 Å². The number of halogens is 2. The molecular weight excluding hydrogens is 241 g/mol. The van der Waals surface area contributed by atoms with E-state index in [1.54, 1.807) is 0 Å². The van der Waals surface area contributed by atoms with Gasteiger partial charge in [-0.25, -0.2) is 0 Å². The van der Waals surface area contributed by atoms with Crippen molar-refractivity contribution >= 4 is 34.6 Å². The van der Waals surface area contributed by atoms with Gasteiger partial charge in [-0.05, 0) is 38.3 Å².